The molecule has 2 aliphatic heterocycles. The van der Waals surface area contributed by atoms with Crippen molar-refractivity contribution in [2.45, 2.75) is 45.3 Å². The number of hydrogen-bond donors (Lipinski definition) is 1. The molecule has 3 unspecified atom stereocenters. The topological polar surface area (TPSA) is 87.1 Å². The van der Waals surface area contributed by atoms with Crippen LogP contribution in [0, 0.1) is 23.0 Å². The fourth-order valence-corrected chi connectivity index (χ4v) is 7.67. The molecule has 3 aromatic carbocycles. The standard InChI is InChI=1S/C38H47ClN8O2S/c1-5-29(3)47-37(50)46(27-42-47)33-9-7-31(8-10-33)44-18-20-45(21-19-44)32-11-13-34(14-12-32)48-24-30-23-38(49-25-30,26-43(4)41-17-16-40)35-15-6-28(2)22-36(35)39/h6-17,22,27,29-30,40H,5,18-21,23-26H2,1-4H3/b40-16?,41-17-. The molecule has 2 aliphatic rings. The quantitative estimate of drug-likeness (QED) is 0.0870. The summed E-state index contributed by atoms with van der Waals surface area (Å²) in [6.45, 7) is 11.7. The molecule has 10 nitrogen and oxygen atoms in total. The molecule has 12 heteroatoms. The number of hydrogen-bond acceptors (Lipinski definition) is 9. The zero-order valence-electron chi connectivity index (χ0n) is 29.3. The lowest BCUT2D eigenvalue weighted by molar-refractivity contribution is -0.0231. The molecule has 0 radical (unpaired) electrons. The summed E-state index contributed by atoms with van der Waals surface area (Å²) in [6, 6.07) is 23.4. The second kappa shape index (κ2) is 15.8. The van der Waals surface area contributed by atoms with E-state index in [2.05, 4.69) is 94.5 Å². The molecule has 3 atom stereocenters. The molecule has 0 amide bonds. The van der Waals surface area contributed by atoms with Crippen LogP contribution in [0.5, 0.6) is 5.75 Å². The Labute approximate surface area is 305 Å². The fourth-order valence-electron chi connectivity index (χ4n) is 6.88. The average molecular weight is 715 g/mol. The maximum Gasteiger partial charge on any atom is 0.202 e. The molecular weight excluding hydrogens is 668 g/mol. The third-order valence-corrected chi connectivity index (χ3v) is 10.5. The van der Waals surface area contributed by atoms with Gasteiger partial charge in [-0.1, -0.05) is 30.7 Å². The molecule has 3 heterocycles. The fraction of sp³-hybridized carbons (Fsp3) is 0.421. The average Bonchev–Trinajstić information content (AvgIpc) is 3.73. The number of nitrogens with one attached hydrogen (secondary N) is 1. The highest BCUT2D eigenvalue weighted by Crippen LogP contribution is 2.43. The highest BCUT2D eigenvalue weighted by atomic mass is 35.5. The van der Waals surface area contributed by atoms with Crippen molar-refractivity contribution in [1.82, 2.24) is 19.4 Å². The second-order valence-electron chi connectivity index (χ2n) is 13.4. The Morgan fingerprint density at radius 2 is 1.70 bits per heavy atom. The molecule has 0 spiro atoms. The third-order valence-electron chi connectivity index (χ3n) is 9.81. The lowest BCUT2D eigenvalue weighted by atomic mass is 9.86. The van der Waals surface area contributed by atoms with Gasteiger partial charge in [0.15, 0.2) is 0 Å². The SMILES string of the molecule is CCC(C)n1ncn(-c2ccc(N3CCN(c4ccc(OCC5COC(CN(C)/N=C\C=N)(c6ccc(C)cc6Cl)C5)cc4)CC3)cc2)c1=S. The van der Waals surface area contributed by atoms with Crippen molar-refractivity contribution < 1.29 is 9.47 Å². The van der Waals surface area contributed by atoms with Gasteiger partial charge in [0.1, 0.15) is 17.7 Å². The number of anilines is 2. The Hall–Kier alpha value is -4.19. The first-order valence-corrected chi connectivity index (χ1v) is 18.1. The minimum atomic E-state index is -0.619. The Balaban J connectivity index is 1.02. The molecule has 6 rings (SSSR count). The highest BCUT2D eigenvalue weighted by Gasteiger charge is 2.44. The van der Waals surface area contributed by atoms with Gasteiger partial charge in [0.05, 0.1) is 32.0 Å². The van der Waals surface area contributed by atoms with E-state index in [0.717, 1.165) is 66.4 Å². The third kappa shape index (κ3) is 7.90. The number of nitrogens with zero attached hydrogens (tertiary/aromatic N) is 7. The van der Waals surface area contributed by atoms with Crippen molar-refractivity contribution in [2.75, 3.05) is 62.8 Å². The van der Waals surface area contributed by atoms with E-state index in [1.54, 1.807) is 5.01 Å². The van der Waals surface area contributed by atoms with E-state index in [9.17, 15) is 0 Å². The van der Waals surface area contributed by atoms with E-state index in [1.165, 1.54) is 23.8 Å². The van der Waals surface area contributed by atoms with Crippen molar-refractivity contribution >= 4 is 47.6 Å². The van der Waals surface area contributed by atoms with E-state index < -0.39 is 5.60 Å². The molecule has 50 heavy (non-hydrogen) atoms. The Bertz CT molecular complexity index is 1830. The maximum absolute atomic E-state index is 7.30. The second-order valence-corrected chi connectivity index (χ2v) is 14.2. The number of aromatic nitrogens is 3. The van der Waals surface area contributed by atoms with Crippen LogP contribution in [0.1, 0.15) is 43.9 Å². The number of likely N-dealkylation sites (N-methyl/N-ethyl adjacent to an activating group) is 1. The lowest BCUT2D eigenvalue weighted by Crippen LogP contribution is -2.46. The Morgan fingerprint density at radius 3 is 2.32 bits per heavy atom. The monoisotopic (exact) mass is 714 g/mol. The van der Waals surface area contributed by atoms with Crippen LogP contribution in [0.25, 0.3) is 5.69 Å². The molecular formula is C38H47ClN8O2S. The van der Waals surface area contributed by atoms with Crippen molar-refractivity contribution in [3.8, 4) is 11.4 Å². The molecule has 2 fully saturated rings. The normalized spacial score (nSPS) is 20.0. The van der Waals surface area contributed by atoms with E-state index >= 15 is 0 Å². The zero-order chi connectivity index (χ0) is 35.3. The summed E-state index contributed by atoms with van der Waals surface area (Å²) in [4.78, 5) is 4.87. The molecule has 0 bridgehead atoms. The van der Waals surface area contributed by atoms with E-state index in [4.69, 9.17) is 38.7 Å². The van der Waals surface area contributed by atoms with E-state index in [-0.39, 0.29) is 12.0 Å². The number of piperazine rings is 1. The van der Waals surface area contributed by atoms with Crippen molar-refractivity contribution in [2.24, 2.45) is 11.0 Å². The van der Waals surface area contributed by atoms with Crippen LogP contribution in [0.4, 0.5) is 11.4 Å². The molecule has 4 aromatic rings. The van der Waals surface area contributed by atoms with Crippen molar-refractivity contribution in [1.29, 1.82) is 5.41 Å². The molecule has 0 saturated carbocycles. The van der Waals surface area contributed by atoms with E-state index in [1.807, 2.05) is 35.6 Å². The molecule has 264 valence electrons. The molecule has 1 aromatic heterocycles. The van der Waals surface area contributed by atoms with Gasteiger partial charge in [0, 0.05) is 73.0 Å². The van der Waals surface area contributed by atoms with Gasteiger partial charge >= 0.3 is 0 Å². The Morgan fingerprint density at radius 1 is 1.06 bits per heavy atom. The minimum Gasteiger partial charge on any atom is -0.493 e. The number of benzene rings is 3. The van der Waals surface area contributed by atoms with Gasteiger partial charge in [-0.25, -0.2) is 4.68 Å². The van der Waals surface area contributed by atoms with Gasteiger partial charge in [0.2, 0.25) is 4.77 Å². The number of ether oxygens (including phenoxy) is 2. The van der Waals surface area contributed by atoms with Gasteiger partial charge in [-0.15, -0.1) is 0 Å². The maximum atomic E-state index is 7.30. The van der Waals surface area contributed by atoms with Crippen molar-refractivity contribution in [3.63, 3.8) is 0 Å². The highest BCUT2D eigenvalue weighted by molar-refractivity contribution is 7.71. The Kier molecular flexibility index (Phi) is 11.2. The van der Waals surface area contributed by atoms with Gasteiger partial charge in [0.25, 0.3) is 0 Å². The summed E-state index contributed by atoms with van der Waals surface area (Å²) in [5, 5.41) is 18.6. The van der Waals surface area contributed by atoms with Gasteiger partial charge in [-0.3, -0.25) is 9.58 Å². The summed E-state index contributed by atoms with van der Waals surface area (Å²) < 4.78 is 17.4. The smallest absolute Gasteiger partial charge is 0.202 e. The zero-order valence-corrected chi connectivity index (χ0v) is 30.9. The first-order valence-electron chi connectivity index (χ1n) is 17.3. The van der Waals surface area contributed by atoms with E-state index in [0.29, 0.717) is 24.8 Å². The summed E-state index contributed by atoms with van der Waals surface area (Å²) in [7, 11) is 1.89. The molecule has 0 aliphatic carbocycles. The van der Waals surface area contributed by atoms with Crippen LogP contribution >= 0.6 is 23.8 Å². The number of halogens is 1. The minimum absolute atomic E-state index is 0.189. The van der Waals surface area contributed by atoms with Crippen LogP contribution < -0.4 is 14.5 Å². The van der Waals surface area contributed by atoms with Crippen LogP contribution in [-0.2, 0) is 10.3 Å². The molecule has 2 saturated heterocycles. The molecule has 1 N–H and O–H groups in total. The van der Waals surface area contributed by atoms with Gasteiger partial charge < -0.3 is 24.7 Å². The summed E-state index contributed by atoms with van der Waals surface area (Å²) in [6.07, 6.45) is 6.19. The van der Waals surface area contributed by atoms with Gasteiger partial charge in [-0.05, 0) is 99.1 Å². The number of aryl methyl sites for hydroxylation is 1. The van der Waals surface area contributed by atoms with Crippen LogP contribution in [0.15, 0.2) is 78.2 Å². The predicted octanol–water partition coefficient (Wildman–Crippen LogP) is 7.54. The summed E-state index contributed by atoms with van der Waals surface area (Å²) in [5.41, 5.74) is 4.89. The van der Waals surface area contributed by atoms with Gasteiger partial charge in [-0.2, -0.15) is 10.2 Å². The summed E-state index contributed by atoms with van der Waals surface area (Å²) in [5.74, 6) is 1.04. The predicted molar refractivity (Wildman–Crippen MR) is 206 cm³/mol. The van der Waals surface area contributed by atoms with Crippen molar-refractivity contribution in [3.05, 3.63) is 94.0 Å². The number of rotatable bonds is 13. The first-order chi connectivity index (χ1) is 24.2. The lowest BCUT2D eigenvalue weighted by Gasteiger charge is -2.37. The van der Waals surface area contributed by atoms with Crippen LogP contribution in [-0.4, -0.2) is 84.8 Å². The largest absolute Gasteiger partial charge is 0.493 e. The van der Waals surface area contributed by atoms with Crippen LogP contribution in [0.3, 0.4) is 0 Å². The number of hydrazone groups is 1. The summed E-state index contributed by atoms with van der Waals surface area (Å²) >= 11 is 12.4. The first kappa shape index (κ1) is 35.6. The van der Waals surface area contributed by atoms with Crippen LogP contribution in [0.2, 0.25) is 5.02 Å².